The number of carbonyl (C=O) groups is 1. The standard InChI is InChI=1S/C13H26N2O2/c1-9(2)14-12(16)11-7-15(10(3)4)8-13(5,6)17-11/h9-11H,7-8H2,1-6H3,(H,14,16)/t11-/m1/s1. The van der Waals surface area contributed by atoms with Crippen molar-refractivity contribution < 1.29 is 9.53 Å². The van der Waals surface area contributed by atoms with Crippen LogP contribution in [0.3, 0.4) is 0 Å². The van der Waals surface area contributed by atoms with E-state index in [1.54, 1.807) is 0 Å². The van der Waals surface area contributed by atoms with Crippen LogP contribution in [0.5, 0.6) is 0 Å². The minimum atomic E-state index is -0.358. The third-order valence-corrected chi connectivity index (χ3v) is 2.90. The summed E-state index contributed by atoms with van der Waals surface area (Å²) in [6, 6.07) is 0.594. The molecule has 1 atom stereocenters. The number of hydrogen-bond donors (Lipinski definition) is 1. The Balaban J connectivity index is 2.69. The van der Waals surface area contributed by atoms with Gasteiger partial charge in [0.1, 0.15) is 6.10 Å². The Morgan fingerprint density at radius 2 is 1.94 bits per heavy atom. The summed E-state index contributed by atoms with van der Waals surface area (Å²) in [6.45, 7) is 13.9. The van der Waals surface area contributed by atoms with Gasteiger partial charge in [0.15, 0.2) is 0 Å². The van der Waals surface area contributed by atoms with Gasteiger partial charge in [-0.25, -0.2) is 0 Å². The normalized spacial score (nSPS) is 25.3. The van der Waals surface area contributed by atoms with Crippen molar-refractivity contribution in [1.29, 1.82) is 0 Å². The fourth-order valence-electron chi connectivity index (χ4n) is 2.13. The summed E-state index contributed by atoms with van der Waals surface area (Å²) in [7, 11) is 0. The van der Waals surface area contributed by atoms with E-state index >= 15 is 0 Å². The Labute approximate surface area is 105 Å². The number of nitrogens with zero attached hydrogens (tertiary/aromatic N) is 1. The highest BCUT2D eigenvalue weighted by Gasteiger charge is 2.37. The maximum absolute atomic E-state index is 12.0. The number of carbonyl (C=O) groups excluding carboxylic acids is 1. The molecule has 0 radical (unpaired) electrons. The molecule has 0 aromatic rings. The zero-order chi connectivity index (χ0) is 13.2. The molecule has 0 spiro atoms. The predicted molar refractivity (Wildman–Crippen MR) is 68.9 cm³/mol. The van der Waals surface area contributed by atoms with Crippen molar-refractivity contribution in [3.63, 3.8) is 0 Å². The number of rotatable bonds is 3. The lowest BCUT2D eigenvalue weighted by Crippen LogP contribution is -2.59. The zero-order valence-corrected chi connectivity index (χ0v) is 11.9. The average Bonchev–Trinajstić information content (AvgIpc) is 2.13. The van der Waals surface area contributed by atoms with E-state index in [1.807, 2.05) is 27.7 Å². The minimum Gasteiger partial charge on any atom is -0.360 e. The molecule has 1 saturated heterocycles. The third kappa shape index (κ3) is 4.28. The van der Waals surface area contributed by atoms with Gasteiger partial charge in [0, 0.05) is 25.2 Å². The van der Waals surface area contributed by atoms with Gasteiger partial charge in [-0.05, 0) is 41.5 Å². The van der Waals surface area contributed by atoms with Crippen LogP contribution in [0.4, 0.5) is 0 Å². The van der Waals surface area contributed by atoms with E-state index in [0.717, 1.165) is 6.54 Å². The van der Waals surface area contributed by atoms with Gasteiger partial charge in [0.05, 0.1) is 5.60 Å². The van der Waals surface area contributed by atoms with Gasteiger partial charge in [-0.3, -0.25) is 9.69 Å². The molecule has 0 saturated carbocycles. The van der Waals surface area contributed by atoms with Crippen molar-refractivity contribution in [2.75, 3.05) is 13.1 Å². The molecular weight excluding hydrogens is 216 g/mol. The third-order valence-electron chi connectivity index (χ3n) is 2.90. The van der Waals surface area contributed by atoms with Crippen molar-refractivity contribution in [3.8, 4) is 0 Å². The summed E-state index contributed by atoms with van der Waals surface area (Å²) < 4.78 is 5.86. The number of amides is 1. The van der Waals surface area contributed by atoms with Gasteiger partial charge in [-0.2, -0.15) is 0 Å². The molecule has 17 heavy (non-hydrogen) atoms. The van der Waals surface area contributed by atoms with Crippen molar-refractivity contribution in [3.05, 3.63) is 0 Å². The van der Waals surface area contributed by atoms with Crippen LogP contribution in [0.25, 0.3) is 0 Å². The second-order valence-electron chi connectivity index (χ2n) is 6.05. The second kappa shape index (κ2) is 5.36. The van der Waals surface area contributed by atoms with E-state index in [0.29, 0.717) is 12.6 Å². The number of nitrogens with one attached hydrogen (secondary N) is 1. The molecule has 1 aliphatic heterocycles. The van der Waals surface area contributed by atoms with Crippen LogP contribution in [0.2, 0.25) is 0 Å². The molecule has 1 fully saturated rings. The first-order valence-corrected chi connectivity index (χ1v) is 6.43. The summed E-state index contributed by atoms with van der Waals surface area (Å²) >= 11 is 0. The summed E-state index contributed by atoms with van der Waals surface area (Å²) in [5, 5.41) is 2.92. The van der Waals surface area contributed by atoms with Crippen molar-refractivity contribution in [2.24, 2.45) is 0 Å². The van der Waals surface area contributed by atoms with Crippen LogP contribution >= 0.6 is 0 Å². The van der Waals surface area contributed by atoms with Gasteiger partial charge in [-0.1, -0.05) is 0 Å². The second-order valence-corrected chi connectivity index (χ2v) is 6.05. The van der Waals surface area contributed by atoms with Crippen LogP contribution in [-0.2, 0) is 9.53 Å². The molecule has 1 aliphatic rings. The predicted octanol–water partition coefficient (Wildman–Crippen LogP) is 1.40. The first-order chi connectivity index (χ1) is 7.71. The van der Waals surface area contributed by atoms with Gasteiger partial charge in [0.2, 0.25) is 0 Å². The lowest BCUT2D eigenvalue weighted by atomic mass is 10.0. The molecule has 4 nitrogen and oxygen atoms in total. The van der Waals surface area contributed by atoms with Gasteiger partial charge >= 0.3 is 0 Å². The molecule has 1 N–H and O–H groups in total. The molecule has 0 aromatic heterocycles. The van der Waals surface area contributed by atoms with E-state index in [1.165, 1.54) is 0 Å². The van der Waals surface area contributed by atoms with E-state index in [4.69, 9.17) is 4.74 Å². The molecule has 1 amide bonds. The number of hydrogen-bond acceptors (Lipinski definition) is 3. The summed E-state index contributed by atoms with van der Waals surface area (Å²) in [6.07, 6.45) is -0.358. The Hall–Kier alpha value is -0.610. The lowest BCUT2D eigenvalue weighted by molar-refractivity contribution is -0.166. The SMILES string of the molecule is CC(C)NC(=O)[C@H]1CN(C(C)C)CC(C)(C)O1. The molecule has 100 valence electrons. The molecule has 0 bridgehead atoms. The molecule has 0 aliphatic carbocycles. The first kappa shape index (κ1) is 14.5. The van der Waals surface area contributed by atoms with Crippen LogP contribution in [0.15, 0.2) is 0 Å². The van der Waals surface area contributed by atoms with Gasteiger partial charge in [-0.15, -0.1) is 0 Å². The first-order valence-electron chi connectivity index (χ1n) is 6.43. The fraction of sp³-hybridized carbons (Fsp3) is 0.923. The summed E-state index contributed by atoms with van der Waals surface area (Å²) in [5.74, 6) is -0.00146. The minimum absolute atomic E-state index is 0.00146. The highest BCUT2D eigenvalue weighted by atomic mass is 16.5. The van der Waals surface area contributed by atoms with Crippen molar-refractivity contribution >= 4 is 5.91 Å². The fourth-order valence-corrected chi connectivity index (χ4v) is 2.13. The highest BCUT2D eigenvalue weighted by molar-refractivity contribution is 5.81. The van der Waals surface area contributed by atoms with Gasteiger partial charge in [0.25, 0.3) is 5.91 Å². The molecule has 0 aromatic carbocycles. The lowest BCUT2D eigenvalue weighted by Gasteiger charge is -2.44. The van der Waals surface area contributed by atoms with E-state index in [-0.39, 0.29) is 23.7 Å². The van der Waals surface area contributed by atoms with Gasteiger partial charge < -0.3 is 10.1 Å². The topological polar surface area (TPSA) is 41.6 Å². The van der Waals surface area contributed by atoms with E-state index in [9.17, 15) is 4.79 Å². The van der Waals surface area contributed by atoms with Crippen molar-refractivity contribution in [2.45, 2.75) is 65.3 Å². The highest BCUT2D eigenvalue weighted by Crippen LogP contribution is 2.22. The maximum atomic E-state index is 12.0. The van der Waals surface area contributed by atoms with Crippen molar-refractivity contribution in [1.82, 2.24) is 10.2 Å². The largest absolute Gasteiger partial charge is 0.360 e. The van der Waals surface area contributed by atoms with Crippen LogP contribution in [-0.4, -0.2) is 47.7 Å². The molecular formula is C13H26N2O2. The summed E-state index contributed by atoms with van der Waals surface area (Å²) in [5.41, 5.74) is -0.262. The Bertz CT molecular complexity index is 275. The molecule has 4 heteroatoms. The maximum Gasteiger partial charge on any atom is 0.250 e. The van der Waals surface area contributed by atoms with E-state index < -0.39 is 0 Å². The Morgan fingerprint density at radius 3 is 2.41 bits per heavy atom. The zero-order valence-electron chi connectivity index (χ0n) is 11.9. The average molecular weight is 242 g/mol. The number of ether oxygens (including phenoxy) is 1. The Kier molecular flexibility index (Phi) is 4.55. The monoisotopic (exact) mass is 242 g/mol. The van der Waals surface area contributed by atoms with Crippen LogP contribution in [0, 0.1) is 0 Å². The molecule has 1 heterocycles. The molecule has 1 rings (SSSR count). The quantitative estimate of drug-likeness (QED) is 0.813. The van der Waals surface area contributed by atoms with Crippen LogP contribution < -0.4 is 5.32 Å². The van der Waals surface area contributed by atoms with Crippen LogP contribution in [0.1, 0.15) is 41.5 Å². The summed E-state index contributed by atoms with van der Waals surface area (Å²) in [4.78, 5) is 14.3. The Morgan fingerprint density at radius 1 is 1.35 bits per heavy atom. The molecule has 0 unspecified atom stereocenters. The van der Waals surface area contributed by atoms with E-state index in [2.05, 4.69) is 24.1 Å². The smallest absolute Gasteiger partial charge is 0.250 e. The number of morpholine rings is 1.